The van der Waals surface area contributed by atoms with Gasteiger partial charge in [0, 0.05) is 0 Å². The van der Waals surface area contributed by atoms with Crippen molar-refractivity contribution in [2.75, 3.05) is 0 Å². The van der Waals surface area contributed by atoms with E-state index in [1.807, 2.05) is 0 Å². The maximum atomic E-state index is 0. The molecule has 4 heavy (non-hydrogen) atoms. The molecule has 0 amide bonds. The normalized spacial score (nSPS) is 0. The first-order valence-electron chi connectivity index (χ1n) is 0. The fraction of sp³-hybridized carbons (Fsp3) is 1.00. The Kier molecular flexibility index (Phi) is 291. The van der Waals surface area contributed by atoms with Crippen LogP contribution in [0.4, 0.5) is 0 Å². The monoisotopic (exact) mass is 84.1 g/mol. The first kappa shape index (κ1) is 48.4. The van der Waals surface area contributed by atoms with Crippen molar-refractivity contribution < 1.29 is 5.71 Å². The average molecular weight is 84.7 g/mol. The second kappa shape index (κ2) is 24.1. The standard InChI is InChI=1S/2CH4.2Mg.4H/h2*1H4;;;;;;/q;;2*+2;4*-1. The van der Waals surface area contributed by atoms with E-state index >= 15 is 0 Å². The summed E-state index contributed by atoms with van der Waals surface area (Å²) in [5.41, 5.74) is 0. The van der Waals surface area contributed by atoms with Crippen molar-refractivity contribution in [2.45, 2.75) is 14.9 Å². The van der Waals surface area contributed by atoms with E-state index in [9.17, 15) is 0 Å². The van der Waals surface area contributed by atoms with Crippen molar-refractivity contribution in [3.05, 3.63) is 0 Å². The van der Waals surface area contributed by atoms with Gasteiger partial charge in [-0.3, -0.25) is 0 Å². The Labute approximate surface area is 66.6 Å². The first-order chi connectivity index (χ1) is 0. The topological polar surface area (TPSA) is 0 Å². The minimum atomic E-state index is 0. The number of rotatable bonds is 0. The summed E-state index contributed by atoms with van der Waals surface area (Å²) in [6.45, 7) is 0. The smallest absolute Gasteiger partial charge is 1.00 e. The van der Waals surface area contributed by atoms with Gasteiger partial charge in [0.2, 0.25) is 0 Å². The van der Waals surface area contributed by atoms with Crippen LogP contribution < -0.4 is 0 Å². The summed E-state index contributed by atoms with van der Waals surface area (Å²) in [6, 6.07) is 0. The van der Waals surface area contributed by atoms with Crippen LogP contribution in [0.2, 0.25) is 0 Å². The van der Waals surface area contributed by atoms with Gasteiger partial charge in [0.25, 0.3) is 0 Å². The van der Waals surface area contributed by atoms with Gasteiger partial charge < -0.3 is 5.71 Å². The Bertz CT molecular complexity index is 12.0. The molecule has 0 atom stereocenters. The molecular formula is C2H12Mg2. The van der Waals surface area contributed by atoms with E-state index in [2.05, 4.69) is 0 Å². The van der Waals surface area contributed by atoms with Gasteiger partial charge in [0.1, 0.15) is 0 Å². The molecule has 0 spiro atoms. The molecule has 0 fully saturated rings. The minimum Gasteiger partial charge on any atom is -1.00 e. The predicted molar refractivity (Wildman–Crippen MR) is 29.4 cm³/mol. The van der Waals surface area contributed by atoms with Crippen molar-refractivity contribution in [2.24, 2.45) is 0 Å². The van der Waals surface area contributed by atoms with Crippen LogP contribution in [-0.2, 0) is 0 Å². The Morgan fingerprint density at radius 1 is 0.750 bits per heavy atom. The van der Waals surface area contributed by atoms with Gasteiger partial charge in [0.05, 0.1) is 0 Å². The molecule has 0 unspecified atom stereocenters. The second-order valence-electron chi connectivity index (χ2n) is 0. The molecule has 0 aromatic rings. The van der Waals surface area contributed by atoms with Gasteiger partial charge in [-0.15, -0.1) is 0 Å². The molecule has 0 saturated carbocycles. The van der Waals surface area contributed by atoms with Crippen LogP contribution >= 0.6 is 0 Å². The van der Waals surface area contributed by atoms with Gasteiger partial charge in [-0.1, -0.05) is 14.9 Å². The molecule has 0 N–H and O–H groups in total. The van der Waals surface area contributed by atoms with Crippen LogP contribution in [0.1, 0.15) is 20.6 Å². The van der Waals surface area contributed by atoms with E-state index in [1.165, 1.54) is 0 Å². The van der Waals surface area contributed by atoms with Gasteiger partial charge in [-0.25, -0.2) is 0 Å². The largest absolute Gasteiger partial charge is 2.00 e. The molecule has 0 rings (SSSR count). The molecule has 0 heterocycles. The first-order valence-corrected chi connectivity index (χ1v) is 0. The van der Waals surface area contributed by atoms with Gasteiger partial charge in [0.15, 0.2) is 0 Å². The fourth-order valence-electron chi connectivity index (χ4n) is 0. The second-order valence-corrected chi connectivity index (χ2v) is 0. The van der Waals surface area contributed by atoms with E-state index in [1.54, 1.807) is 0 Å². The molecule has 2 heteroatoms. The van der Waals surface area contributed by atoms with Crippen molar-refractivity contribution in [1.29, 1.82) is 0 Å². The van der Waals surface area contributed by atoms with Gasteiger partial charge in [-0.2, -0.15) is 0 Å². The molecule has 0 bridgehead atoms. The van der Waals surface area contributed by atoms with Crippen LogP contribution in [0.5, 0.6) is 0 Å². The van der Waals surface area contributed by atoms with E-state index < -0.39 is 0 Å². The van der Waals surface area contributed by atoms with Crippen LogP contribution in [0, 0.1) is 0 Å². The van der Waals surface area contributed by atoms with E-state index in [4.69, 9.17) is 0 Å². The van der Waals surface area contributed by atoms with E-state index in [0.29, 0.717) is 0 Å². The molecule has 0 aliphatic rings. The molecule has 0 saturated heterocycles. The summed E-state index contributed by atoms with van der Waals surface area (Å²) < 4.78 is 0. The van der Waals surface area contributed by atoms with Crippen molar-refractivity contribution >= 4 is 46.1 Å². The van der Waals surface area contributed by atoms with Crippen LogP contribution in [-0.4, -0.2) is 46.1 Å². The quantitative estimate of drug-likeness (QED) is 0.384. The molecule has 0 radical (unpaired) electrons. The third kappa shape index (κ3) is 9.65. The Balaban J connectivity index is 0. The third-order valence-electron chi connectivity index (χ3n) is 0. The molecular weight excluding hydrogens is 72.6 g/mol. The minimum absolute atomic E-state index is 0. The zero-order valence-electron chi connectivity index (χ0n) is 5.41. The summed E-state index contributed by atoms with van der Waals surface area (Å²) in [7, 11) is 0. The summed E-state index contributed by atoms with van der Waals surface area (Å²) >= 11 is 0. The van der Waals surface area contributed by atoms with E-state index in [0.717, 1.165) is 0 Å². The molecule has 0 nitrogen and oxygen atoms in total. The van der Waals surface area contributed by atoms with Crippen LogP contribution in [0.15, 0.2) is 0 Å². The third-order valence-corrected chi connectivity index (χ3v) is 0. The maximum absolute atomic E-state index is 0. The molecule has 0 aromatic carbocycles. The van der Waals surface area contributed by atoms with E-state index in [-0.39, 0.29) is 66.7 Å². The van der Waals surface area contributed by atoms with Crippen molar-refractivity contribution in [3.8, 4) is 0 Å². The van der Waals surface area contributed by atoms with Crippen LogP contribution in [0.25, 0.3) is 0 Å². The molecule has 24 valence electrons. The number of hydrogen-bond acceptors (Lipinski definition) is 0. The summed E-state index contributed by atoms with van der Waals surface area (Å²) in [5, 5.41) is 0. The zero-order chi connectivity index (χ0) is 0. The van der Waals surface area contributed by atoms with Gasteiger partial charge >= 0.3 is 46.1 Å². The molecule has 0 aliphatic carbocycles. The predicted octanol–water partition coefficient (Wildman–Crippen LogP) is 0.961. The Morgan fingerprint density at radius 3 is 0.750 bits per heavy atom. The fourth-order valence-corrected chi connectivity index (χ4v) is 0. The molecule has 0 aliphatic heterocycles. The zero-order valence-corrected chi connectivity index (χ0v) is 4.24. The van der Waals surface area contributed by atoms with Crippen molar-refractivity contribution in [1.82, 2.24) is 0 Å². The molecule has 0 aromatic heterocycles. The van der Waals surface area contributed by atoms with Gasteiger partial charge in [-0.05, 0) is 0 Å². The Hall–Kier alpha value is 1.53. The van der Waals surface area contributed by atoms with Crippen LogP contribution in [0.3, 0.4) is 0 Å². The van der Waals surface area contributed by atoms with Crippen molar-refractivity contribution in [3.63, 3.8) is 0 Å². The average Bonchev–Trinajstić information content (AvgIpc) is 0. The summed E-state index contributed by atoms with van der Waals surface area (Å²) in [6.07, 6.45) is 0. The Morgan fingerprint density at radius 2 is 0.750 bits per heavy atom. The maximum Gasteiger partial charge on any atom is 2.00 e. The summed E-state index contributed by atoms with van der Waals surface area (Å²) in [4.78, 5) is 0. The summed E-state index contributed by atoms with van der Waals surface area (Å²) in [5.74, 6) is 0. The number of hydrogen-bond donors (Lipinski definition) is 0. The SMILES string of the molecule is C.C.[H-].[H-].[H-].[H-].[Mg+2].[Mg+2].